The van der Waals surface area contributed by atoms with Gasteiger partial charge in [0.2, 0.25) is 0 Å². The molecule has 6 nitrogen and oxygen atoms in total. The average molecular weight is 1080 g/mol. The van der Waals surface area contributed by atoms with E-state index in [0.717, 1.165) is 135 Å². The number of rotatable bonds is 57. The summed E-state index contributed by atoms with van der Waals surface area (Å²) in [4.78, 5) is 38.3. The Bertz CT molecular complexity index is 1670. The second kappa shape index (κ2) is 65.1. The van der Waals surface area contributed by atoms with Crippen LogP contribution in [0.5, 0.6) is 0 Å². The first-order chi connectivity index (χ1) is 38.5. The molecule has 0 radical (unpaired) electrons. The lowest BCUT2D eigenvalue weighted by molar-refractivity contribution is -0.167. The smallest absolute Gasteiger partial charge is 0.306 e. The van der Waals surface area contributed by atoms with Gasteiger partial charge in [-0.25, -0.2) is 0 Å². The van der Waals surface area contributed by atoms with Crippen molar-refractivity contribution in [2.75, 3.05) is 13.2 Å². The zero-order chi connectivity index (χ0) is 56.4. The highest BCUT2D eigenvalue weighted by molar-refractivity contribution is 5.71. The molecule has 442 valence electrons. The normalized spacial score (nSPS) is 13.0. The third kappa shape index (κ3) is 62.4. The Morgan fingerprint density at radius 1 is 0.269 bits per heavy atom. The lowest BCUT2D eigenvalue weighted by Gasteiger charge is -2.18. The molecule has 0 aromatic rings. The van der Waals surface area contributed by atoms with Gasteiger partial charge < -0.3 is 14.2 Å². The highest BCUT2D eigenvalue weighted by atomic mass is 16.6. The number of hydrogen-bond acceptors (Lipinski definition) is 6. The maximum Gasteiger partial charge on any atom is 0.306 e. The van der Waals surface area contributed by atoms with Crippen LogP contribution in [0.15, 0.2) is 134 Å². The second-order valence-corrected chi connectivity index (χ2v) is 20.9. The fourth-order valence-electron chi connectivity index (χ4n) is 8.65. The Kier molecular flexibility index (Phi) is 61.4. The third-order valence-electron chi connectivity index (χ3n) is 13.4. The molecule has 78 heavy (non-hydrogen) atoms. The molecular formula is C72H118O6. The molecule has 0 spiro atoms. The first-order valence-corrected chi connectivity index (χ1v) is 32.2. The Morgan fingerprint density at radius 2 is 0.500 bits per heavy atom. The zero-order valence-electron chi connectivity index (χ0n) is 50.6. The topological polar surface area (TPSA) is 78.9 Å². The summed E-state index contributed by atoms with van der Waals surface area (Å²) in [6.45, 7) is 6.39. The van der Waals surface area contributed by atoms with Crippen molar-refractivity contribution in [3.8, 4) is 0 Å². The number of allylic oxidation sites excluding steroid dienone is 22. The summed E-state index contributed by atoms with van der Waals surface area (Å²) in [5, 5.41) is 0. The summed E-state index contributed by atoms with van der Waals surface area (Å²) in [5.41, 5.74) is 0. The number of hydrogen-bond donors (Lipinski definition) is 0. The standard InChI is InChI=1S/C72H118O6/c1-4-7-10-13-16-19-22-25-27-29-31-32-33-34-35-36-37-38-39-40-42-43-45-47-50-53-56-59-62-65-71(74)77-68-69(67-76-70(73)64-61-58-55-52-49-24-21-18-15-12-9-6-3)78-72(75)66-63-60-57-54-51-48-46-44-41-30-28-26-23-20-17-14-11-8-5-2/h7-8,10-11,16-17,19-20,25-28,31-32,34-35,37-38,41,44,48,51,69H,4-6,9,12-15,18,21-24,29-30,33,36,39-40,42-43,45-47,49-50,52-68H2,1-3H3/b10-7-,11-8-,19-16-,20-17-,27-25-,28-26-,32-31-,35-34-,38-37-,44-41-,51-48-. The molecule has 0 N–H and O–H groups in total. The summed E-state index contributed by atoms with van der Waals surface area (Å²) in [6, 6.07) is 0. The minimum atomic E-state index is -0.801. The van der Waals surface area contributed by atoms with Crippen molar-refractivity contribution in [3.05, 3.63) is 134 Å². The van der Waals surface area contributed by atoms with Gasteiger partial charge in [-0.15, -0.1) is 0 Å². The quantitative estimate of drug-likeness (QED) is 0.0261. The summed E-state index contributed by atoms with van der Waals surface area (Å²) in [5.74, 6) is -0.928. The van der Waals surface area contributed by atoms with E-state index in [0.29, 0.717) is 12.8 Å². The summed E-state index contributed by atoms with van der Waals surface area (Å²) >= 11 is 0. The molecule has 0 aromatic carbocycles. The molecule has 1 unspecified atom stereocenters. The van der Waals surface area contributed by atoms with E-state index in [1.165, 1.54) is 109 Å². The summed E-state index contributed by atoms with van der Waals surface area (Å²) in [6.07, 6.45) is 91.7. The van der Waals surface area contributed by atoms with Gasteiger partial charge in [0.15, 0.2) is 6.10 Å². The molecule has 0 heterocycles. The number of carbonyl (C=O) groups excluding carboxylic acids is 3. The van der Waals surface area contributed by atoms with Gasteiger partial charge in [0.05, 0.1) is 0 Å². The second-order valence-electron chi connectivity index (χ2n) is 20.9. The van der Waals surface area contributed by atoms with Gasteiger partial charge in [0, 0.05) is 19.3 Å². The maximum absolute atomic E-state index is 12.9. The van der Waals surface area contributed by atoms with E-state index in [2.05, 4.69) is 154 Å². The van der Waals surface area contributed by atoms with Crippen molar-refractivity contribution in [2.24, 2.45) is 0 Å². The molecule has 1 atom stereocenters. The van der Waals surface area contributed by atoms with E-state index in [1.54, 1.807) is 0 Å². The van der Waals surface area contributed by atoms with Gasteiger partial charge in [0.25, 0.3) is 0 Å². The summed E-state index contributed by atoms with van der Waals surface area (Å²) in [7, 11) is 0. The van der Waals surface area contributed by atoms with Crippen LogP contribution in [-0.4, -0.2) is 37.2 Å². The highest BCUT2D eigenvalue weighted by Crippen LogP contribution is 2.15. The minimum absolute atomic E-state index is 0.0936. The highest BCUT2D eigenvalue weighted by Gasteiger charge is 2.19. The molecule has 0 saturated carbocycles. The number of unbranched alkanes of at least 4 members (excludes halogenated alkanes) is 24. The molecule has 0 aliphatic carbocycles. The van der Waals surface area contributed by atoms with E-state index in [1.807, 2.05) is 0 Å². The zero-order valence-corrected chi connectivity index (χ0v) is 50.6. The SMILES string of the molecule is CC/C=C\C/C=C\C/C=C\C/C=C\C/C=C\C/C=C\CCCCCCCCCCCCC(=O)OCC(COC(=O)CCCCCCCCCCCCCC)OC(=O)CCCCC/C=C\C/C=C\C/C=C\C/C=C\C/C=C\CC. The number of ether oxygens (including phenoxy) is 3. The predicted molar refractivity (Wildman–Crippen MR) is 339 cm³/mol. The first kappa shape index (κ1) is 73.5. The van der Waals surface area contributed by atoms with Crippen molar-refractivity contribution in [2.45, 2.75) is 290 Å². The lowest BCUT2D eigenvalue weighted by atomic mass is 10.0. The van der Waals surface area contributed by atoms with Gasteiger partial charge in [-0.2, -0.15) is 0 Å². The third-order valence-corrected chi connectivity index (χ3v) is 13.4. The van der Waals surface area contributed by atoms with Crippen LogP contribution >= 0.6 is 0 Å². The van der Waals surface area contributed by atoms with Crippen molar-refractivity contribution in [3.63, 3.8) is 0 Å². The monoisotopic (exact) mass is 1080 g/mol. The van der Waals surface area contributed by atoms with Gasteiger partial charge in [-0.3, -0.25) is 14.4 Å². The van der Waals surface area contributed by atoms with Gasteiger partial charge in [-0.05, 0) is 116 Å². The molecule has 0 bridgehead atoms. The molecule has 0 aromatic heterocycles. The Labute approximate surface area is 481 Å². The van der Waals surface area contributed by atoms with Crippen molar-refractivity contribution >= 4 is 17.9 Å². The molecule has 6 heteroatoms. The van der Waals surface area contributed by atoms with Crippen LogP contribution in [-0.2, 0) is 28.6 Å². The molecule has 0 rings (SSSR count). The van der Waals surface area contributed by atoms with Crippen molar-refractivity contribution < 1.29 is 28.6 Å². The van der Waals surface area contributed by atoms with Gasteiger partial charge in [0.1, 0.15) is 13.2 Å². The Hall–Kier alpha value is -4.45. The molecule has 0 amide bonds. The fraction of sp³-hybridized carbons (Fsp3) is 0.653. The predicted octanol–water partition coefficient (Wildman–Crippen LogP) is 22.2. The molecule has 0 aliphatic heterocycles. The lowest BCUT2D eigenvalue weighted by Crippen LogP contribution is -2.30. The average Bonchev–Trinajstić information content (AvgIpc) is 3.44. The van der Waals surface area contributed by atoms with E-state index >= 15 is 0 Å². The fourth-order valence-corrected chi connectivity index (χ4v) is 8.65. The van der Waals surface area contributed by atoms with Crippen LogP contribution in [0, 0.1) is 0 Å². The molecular weight excluding hydrogens is 961 g/mol. The van der Waals surface area contributed by atoms with Crippen LogP contribution < -0.4 is 0 Å². The van der Waals surface area contributed by atoms with Gasteiger partial charge >= 0.3 is 17.9 Å². The van der Waals surface area contributed by atoms with Crippen LogP contribution in [0.1, 0.15) is 284 Å². The largest absolute Gasteiger partial charge is 0.462 e. The number of carbonyl (C=O) groups is 3. The van der Waals surface area contributed by atoms with E-state index in [-0.39, 0.29) is 37.5 Å². The van der Waals surface area contributed by atoms with Gasteiger partial charge in [-0.1, -0.05) is 283 Å². The van der Waals surface area contributed by atoms with Crippen molar-refractivity contribution in [1.29, 1.82) is 0 Å². The van der Waals surface area contributed by atoms with Crippen LogP contribution in [0.4, 0.5) is 0 Å². The van der Waals surface area contributed by atoms with Crippen molar-refractivity contribution in [1.82, 2.24) is 0 Å². The Morgan fingerprint density at radius 3 is 0.795 bits per heavy atom. The van der Waals surface area contributed by atoms with Crippen LogP contribution in [0.25, 0.3) is 0 Å². The Balaban J connectivity index is 4.34. The van der Waals surface area contributed by atoms with E-state index in [9.17, 15) is 14.4 Å². The minimum Gasteiger partial charge on any atom is -0.462 e. The molecule has 0 fully saturated rings. The van der Waals surface area contributed by atoms with Crippen LogP contribution in [0.2, 0.25) is 0 Å². The summed E-state index contributed by atoms with van der Waals surface area (Å²) < 4.78 is 16.9. The first-order valence-electron chi connectivity index (χ1n) is 32.2. The van der Waals surface area contributed by atoms with E-state index < -0.39 is 6.10 Å². The van der Waals surface area contributed by atoms with E-state index in [4.69, 9.17) is 14.2 Å². The van der Waals surface area contributed by atoms with Crippen LogP contribution in [0.3, 0.4) is 0 Å². The maximum atomic E-state index is 12.9. The molecule has 0 saturated heterocycles. The number of esters is 3. The molecule has 0 aliphatic rings.